The van der Waals surface area contributed by atoms with Crippen LogP contribution in [-0.4, -0.2) is 25.3 Å². The zero-order valence-corrected chi connectivity index (χ0v) is 9.00. The van der Waals surface area contributed by atoms with Gasteiger partial charge in [-0.1, -0.05) is 30.3 Å². The average molecular weight is 230 g/mol. The van der Waals surface area contributed by atoms with E-state index in [1.54, 1.807) is 0 Å². The first kappa shape index (κ1) is 12.1. The molecule has 3 N–H and O–H groups in total. The Bertz CT molecular complexity index is 378. The van der Waals surface area contributed by atoms with Gasteiger partial charge >= 0.3 is 0 Å². The summed E-state index contributed by atoms with van der Waals surface area (Å²) in [6.45, 7) is 0.776. The van der Waals surface area contributed by atoms with Crippen LogP contribution in [0.4, 0.5) is 0 Å². The summed E-state index contributed by atoms with van der Waals surface area (Å²) in [6, 6.07) is 9.69. The molecule has 0 aromatic heterocycles. The van der Waals surface area contributed by atoms with E-state index >= 15 is 0 Å². The van der Waals surface area contributed by atoms with Crippen molar-refractivity contribution in [2.24, 2.45) is 0 Å². The zero-order chi connectivity index (χ0) is 11.1. The van der Waals surface area contributed by atoms with E-state index in [0.717, 1.165) is 5.56 Å². The molecule has 0 bridgehead atoms. The van der Waals surface area contributed by atoms with Gasteiger partial charge in [0.2, 0.25) is 0 Å². The Labute approximate surface area is 89.2 Å². The van der Waals surface area contributed by atoms with E-state index in [1.165, 1.54) is 0 Å². The molecule has 0 saturated carbocycles. The summed E-state index contributed by atoms with van der Waals surface area (Å²) < 4.78 is 29.1. The lowest BCUT2D eigenvalue weighted by atomic mass is 10.2. The molecule has 6 heteroatoms. The number of hydrogen-bond acceptors (Lipinski definition) is 4. The molecule has 0 radical (unpaired) electrons. The highest BCUT2D eigenvalue weighted by molar-refractivity contribution is 7.85. The van der Waals surface area contributed by atoms with Crippen molar-refractivity contribution < 1.29 is 13.0 Å². The Morgan fingerprint density at radius 1 is 1.13 bits per heavy atom. The topological polar surface area (TPSA) is 78.4 Å². The Hall–Kier alpha value is -0.950. The molecule has 1 aromatic carbocycles. The van der Waals surface area contributed by atoms with Crippen molar-refractivity contribution in [3.05, 3.63) is 35.9 Å². The summed E-state index contributed by atoms with van der Waals surface area (Å²) >= 11 is 0. The summed E-state index contributed by atoms with van der Waals surface area (Å²) in [5.74, 6) is -0.297. The fourth-order valence-electron chi connectivity index (χ4n) is 1.03. The van der Waals surface area contributed by atoms with Crippen molar-refractivity contribution in [2.45, 2.75) is 6.54 Å². The van der Waals surface area contributed by atoms with Gasteiger partial charge in [0, 0.05) is 13.1 Å². The van der Waals surface area contributed by atoms with Crippen LogP contribution in [0, 0.1) is 0 Å². The summed E-state index contributed by atoms with van der Waals surface area (Å²) in [4.78, 5) is 0. The van der Waals surface area contributed by atoms with E-state index in [0.29, 0.717) is 6.54 Å². The fraction of sp³-hybridized carbons (Fsp3) is 0.333. The van der Waals surface area contributed by atoms with Crippen molar-refractivity contribution in [3.63, 3.8) is 0 Å². The van der Waals surface area contributed by atoms with E-state index in [4.69, 9.17) is 4.55 Å². The van der Waals surface area contributed by atoms with Crippen molar-refractivity contribution in [1.82, 2.24) is 10.9 Å². The van der Waals surface area contributed by atoms with Crippen LogP contribution in [0.3, 0.4) is 0 Å². The van der Waals surface area contributed by atoms with Gasteiger partial charge in [0.05, 0.1) is 5.75 Å². The maximum Gasteiger partial charge on any atom is 0.266 e. The summed E-state index contributed by atoms with van der Waals surface area (Å²) in [5, 5.41) is 0. The highest BCUT2D eigenvalue weighted by Crippen LogP contribution is 1.95. The molecule has 0 saturated heterocycles. The van der Waals surface area contributed by atoms with Crippen LogP contribution < -0.4 is 10.9 Å². The normalized spacial score (nSPS) is 11.5. The second kappa shape index (κ2) is 5.82. The van der Waals surface area contributed by atoms with Gasteiger partial charge in [-0.2, -0.15) is 8.42 Å². The van der Waals surface area contributed by atoms with Crippen molar-refractivity contribution in [1.29, 1.82) is 0 Å². The molecular weight excluding hydrogens is 216 g/mol. The van der Waals surface area contributed by atoms with Crippen LogP contribution in [-0.2, 0) is 16.7 Å². The largest absolute Gasteiger partial charge is 0.286 e. The molecule has 1 aromatic rings. The molecule has 0 heterocycles. The quantitative estimate of drug-likeness (QED) is 0.369. The van der Waals surface area contributed by atoms with E-state index in [1.807, 2.05) is 30.3 Å². The highest BCUT2D eigenvalue weighted by Gasteiger charge is 2.01. The minimum atomic E-state index is -3.87. The molecule has 5 nitrogen and oxygen atoms in total. The van der Waals surface area contributed by atoms with Gasteiger partial charge in [-0.25, -0.2) is 0 Å². The summed E-state index contributed by atoms with van der Waals surface area (Å²) in [7, 11) is -3.87. The Kier molecular flexibility index (Phi) is 4.70. The lowest BCUT2D eigenvalue weighted by Gasteiger charge is -2.05. The third-order valence-corrected chi connectivity index (χ3v) is 2.47. The highest BCUT2D eigenvalue weighted by atomic mass is 32.2. The fourth-order valence-corrected chi connectivity index (χ4v) is 1.39. The van der Waals surface area contributed by atoms with Crippen LogP contribution in [0.1, 0.15) is 5.56 Å². The molecule has 15 heavy (non-hydrogen) atoms. The van der Waals surface area contributed by atoms with Crippen LogP contribution in [0.25, 0.3) is 0 Å². The maximum atomic E-state index is 10.4. The number of hydrogen-bond donors (Lipinski definition) is 3. The van der Waals surface area contributed by atoms with Gasteiger partial charge < -0.3 is 0 Å². The van der Waals surface area contributed by atoms with Crippen LogP contribution in [0.15, 0.2) is 30.3 Å². The predicted molar refractivity (Wildman–Crippen MR) is 57.7 cm³/mol. The first-order valence-electron chi connectivity index (χ1n) is 4.53. The van der Waals surface area contributed by atoms with Gasteiger partial charge in [-0.05, 0) is 5.56 Å². The lowest BCUT2D eigenvalue weighted by molar-refractivity contribution is 0.474. The maximum absolute atomic E-state index is 10.4. The summed E-state index contributed by atoms with van der Waals surface area (Å²) in [6.07, 6.45) is 0. The molecule has 1 rings (SSSR count). The van der Waals surface area contributed by atoms with Gasteiger partial charge in [0.1, 0.15) is 0 Å². The molecule has 0 aliphatic heterocycles. The van der Waals surface area contributed by atoms with Gasteiger partial charge in [-0.15, -0.1) is 0 Å². The molecule has 0 amide bonds. The third kappa shape index (κ3) is 6.19. The Morgan fingerprint density at radius 3 is 2.40 bits per heavy atom. The number of rotatable bonds is 6. The molecule has 0 unspecified atom stereocenters. The molecule has 0 aliphatic rings. The van der Waals surface area contributed by atoms with E-state index in [9.17, 15) is 8.42 Å². The van der Waals surface area contributed by atoms with E-state index in [2.05, 4.69) is 10.9 Å². The third-order valence-electron chi connectivity index (χ3n) is 1.75. The molecule has 0 fully saturated rings. The molecule has 0 aliphatic carbocycles. The average Bonchev–Trinajstić information content (AvgIpc) is 2.17. The second-order valence-electron chi connectivity index (χ2n) is 3.05. The number of nitrogens with one attached hydrogen (secondary N) is 2. The van der Waals surface area contributed by atoms with E-state index < -0.39 is 10.1 Å². The van der Waals surface area contributed by atoms with E-state index in [-0.39, 0.29) is 12.3 Å². The first-order chi connectivity index (χ1) is 7.08. The lowest BCUT2D eigenvalue weighted by Crippen LogP contribution is -2.34. The second-order valence-corrected chi connectivity index (χ2v) is 4.62. The monoisotopic (exact) mass is 230 g/mol. The predicted octanol–water partition coefficient (Wildman–Crippen LogP) is 0.169. The zero-order valence-electron chi connectivity index (χ0n) is 8.18. The minimum Gasteiger partial charge on any atom is -0.286 e. The van der Waals surface area contributed by atoms with Crippen LogP contribution in [0.5, 0.6) is 0 Å². The molecular formula is C9H14N2O3S. The van der Waals surface area contributed by atoms with Gasteiger partial charge in [-0.3, -0.25) is 15.4 Å². The number of hydrazine groups is 1. The van der Waals surface area contributed by atoms with Crippen molar-refractivity contribution in [2.75, 3.05) is 12.3 Å². The molecule has 0 spiro atoms. The smallest absolute Gasteiger partial charge is 0.266 e. The standard InChI is InChI=1S/C9H14N2O3S/c12-15(13,14)7-6-10-11-8-9-4-2-1-3-5-9/h1-5,10-11H,6-8H2,(H,12,13,14). The van der Waals surface area contributed by atoms with Crippen molar-refractivity contribution >= 4 is 10.1 Å². The number of benzene rings is 1. The van der Waals surface area contributed by atoms with Crippen LogP contribution >= 0.6 is 0 Å². The summed E-state index contributed by atoms with van der Waals surface area (Å²) in [5.41, 5.74) is 6.64. The first-order valence-corrected chi connectivity index (χ1v) is 6.14. The Morgan fingerprint density at radius 2 is 1.80 bits per heavy atom. The van der Waals surface area contributed by atoms with Crippen molar-refractivity contribution in [3.8, 4) is 0 Å². The molecule has 0 atom stereocenters. The van der Waals surface area contributed by atoms with Gasteiger partial charge in [0.25, 0.3) is 10.1 Å². The Balaban J connectivity index is 2.13. The van der Waals surface area contributed by atoms with Gasteiger partial charge in [0.15, 0.2) is 0 Å². The molecule has 84 valence electrons. The van der Waals surface area contributed by atoms with Crippen LogP contribution in [0.2, 0.25) is 0 Å². The minimum absolute atomic E-state index is 0.172. The SMILES string of the molecule is O=S(=O)(O)CCNNCc1ccccc1.